The summed E-state index contributed by atoms with van der Waals surface area (Å²) in [5.41, 5.74) is 3.14. The minimum Gasteiger partial charge on any atom is -0.307 e. The van der Waals surface area contributed by atoms with Crippen LogP contribution in [0.5, 0.6) is 0 Å². The van der Waals surface area contributed by atoms with Gasteiger partial charge in [-0.1, -0.05) is 30.3 Å². The minimum absolute atomic E-state index is 0.0217. The fourth-order valence-corrected chi connectivity index (χ4v) is 2.70. The molecule has 1 aromatic heterocycles. The molecule has 0 radical (unpaired) electrons. The van der Waals surface area contributed by atoms with Crippen LogP contribution < -0.4 is 16.0 Å². The molecule has 1 aromatic carbocycles. The summed E-state index contributed by atoms with van der Waals surface area (Å²) in [7, 11) is -3.66. The van der Waals surface area contributed by atoms with Crippen molar-refractivity contribution in [3.8, 4) is 0 Å². The standard InChI is InChI=1S/C12H14N4O2S/c13-16-12-11(7-4-8-14-12)19(17,18)15-9-10-5-2-1-3-6-10/h1-8,15H,9,13H2,(H,14,16). The first-order valence-electron chi connectivity index (χ1n) is 5.59. The molecule has 0 saturated heterocycles. The molecule has 2 rings (SSSR count). The van der Waals surface area contributed by atoms with E-state index in [9.17, 15) is 8.42 Å². The molecule has 100 valence electrons. The number of sulfonamides is 1. The summed E-state index contributed by atoms with van der Waals surface area (Å²) in [5.74, 6) is 5.36. The van der Waals surface area contributed by atoms with Crippen molar-refractivity contribution in [3.05, 3.63) is 54.2 Å². The van der Waals surface area contributed by atoms with Gasteiger partial charge in [0.2, 0.25) is 10.0 Å². The van der Waals surface area contributed by atoms with Crippen molar-refractivity contribution in [2.24, 2.45) is 5.84 Å². The van der Waals surface area contributed by atoms with Gasteiger partial charge >= 0.3 is 0 Å². The van der Waals surface area contributed by atoms with Crippen molar-refractivity contribution >= 4 is 15.8 Å². The van der Waals surface area contributed by atoms with Gasteiger partial charge in [-0.3, -0.25) is 0 Å². The van der Waals surface area contributed by atoms with Crippen molar-refractivity contribution in [1.82, 2.24) is 9.71 Å². The Morgan fingerprint density at radius 3 is 2.53 bits per heavy atom. The molecule has 7 heteroatoms. The van der Waals surface area contributed by atoms with Crippen LogP contribution in [0, 0.1) is 0 Å². The number of hydrazine groups is 1. The quantitative estimate of drug-likeness (QED) is 0.556. The highest BCUT2D eigenvalue weighted by Gasteiger charge is 2.18. The molecule has 0 amide bonds. The van der Waals surface area contributed by atoms with Gasteiger partial charge in [0.1, 0.15) is 4.90 Å². The Balaban J connectivity index is 2.19. The number of pyridine rings is 1. The number of anilines is 1. The lowest BCUT2D eigenvalue weighted by Gasteiger charge is -2.09. The summed E-state index contributed by atoms with van der Waals surface area (Å²) in [5, 5.41) is 0. The second-order valence-electron chi connectivity index (χ2n) is 3.80. The van der Waals surface area contributed by atoms with E-state index >= 15 is 0 Å². The largest absolute Gasteiger partial charge is 0.307 e. The number of rotatable bonds is 5. The van der Waals surface area contributed by atoms with Crippen LogP contribution in [0.1, 0.15) is 5.56 Å². The predicted octanol–water partition coefficient (Wildman–Crippen LogP) is 0.846. The Morgan fingerprint density at radius 1 is 1.11 bits per heavy atom. The topological polar surface area (TPSA) is 97.1 Å². The summed E-state index contributed by atoms with van der Waals surface area (Å²) in [6.45, 7) is 0.210. The zero-order valence-electron chi connectivity index (χ0n) is 10.1. The fraction of sp³-hybridized carbons (Fsp3) is 0.0833. The number of nitrogens with zero attached hydrogens (tertiary/aromatic N) is 1. The van der Waals surface area contributed by atoms with Gasteiger partial charge in [-0.15, -0.1) is 0 Å². The van der Waals surface area contributed by atoms with Gasteiger partial charge in [-0.25, -0.2) is 24.0 Å². The molecular weight excluding hydrogens is 264 g/mol. The van der Waals surface area contributed by atoms with E-state index in [1.54, 1.807) is 0 Å². The lowest BCUT2D eigenvalue weighted by atomic mass is 10.2. The third kappa shape index (κ3) is 3.28. The summed E-state index contributed by atoms with van der Waals surface area (Å²) in [4.78, 5) is 3.88. The van der Waals surface area contributed by atoms with Gasteiger partial charge in [0.15, 0.2) is 5.82 Å². The third-order valence-electron chi connectivity index (χ3n) is 2.51. The second-order valence-corrected chi connectivity index (χ2v) is 5.54. The molecule has 2 aromatic rings. The molecule has 0 bridgehead atoms. The van der Waals surface area contributed by atoms with Gasteiger partial charge in [0.25, 0.3) is 0 Å². The number of nitrogen functional groups attached to an aromatic ring is 1. The van der Waals surface area contributed by atoms with Crippen molar-refractivity contribution in [3.63, 3.8) is 0 Å². The highest BCUT2D eigenvalue weighted by Crippen LogP contribution is 2.16. The van der Waals surface area contributed by atoms with Crippen LogP contribution in [0.2, 0.25) is 0 Å². The average molecular weight is 278 g/mol. The molecule has 0 aliphatic heterocycles. The first-order valence-corrected chi connectivity index (χ1v) is 7.07. The van der Waals surface area contributed by atoms with Crippen LogP contribution in [-0.4, -0.2) is 13.4 Å². The summed E-state index contributed by atoms with van der Waals surface area (Å²) < 4.78 is 26.8. The van der Waals surface area contributed by atoms with E-state index in [0.717, 1.165) is 5.56 Å². The Kier molecular flexibility index (Phi) is 4.10. The minimum atomic E-state index is -3.66. The number of hydrogen-bond acceptors (Lipinski definition) is 5. The Labute approximate surface area is 111 Å². The molecule has 0 fully saturated rings. The summed E-state index contributed by atoms with van der Waals surface area (Å²) in [6.07, 6.45) is 1.46. The lowest BCUT2D eigenvalue weighted by Crippen LogP contribution is -2.25. The molecule has 0 unspecified atom stereocenters. The molecule has 19 heavy (non-hydrogen) atoms. The van der Waals surface area contributed by atoms with Crippen LogP contribution in [-0.2, 0) is 16.6 Å². The molecule has 0 spiro atoms. The molecular formula is C12H14N4O2S. The van der Waals surface area contributed by atoms with Crippen molar-refractivity contribution in [2.45, 2.75) is 11.4 Å². The Bertz CT molecular complexity index is 644. The van der Waals surface area contributed by atoms with Crippen LogP contribution >= 0.6 is 0 Å². The molecule has 0 aliphatic carbocycles. The SMILES string of the molecule is NNc1ncccc1S(=O)(=O)NCc1ccccc1. The summed E-state index contributed by atoms with van der Waals surface area (Å²) in [6, 6.07) is 12.2. The van der Waals surface area contributed by atoms with E-state index in [2.05, 4.69) is 15.1 Å². The molecule has 1 heterocycles. The number of aromatic nitrogens is 1. The van der Waals surface area contributed by atoms with Crippen LogP contribution in [0.25, 0.3) is 0 Å². The number of hydrogen-bond donors (Lipinski definition) is 3. The van der Waals surface area contributed by atoms with Crippen molar-refractivity contribution in [1.29, 1.82) is 0 Å². The van der Waals surface area contributed by atoms with Gasteiger partial charge in [-0.2, -0.15) is 0 Å². The van der Waals surface area contributed by atoms with E-state index in [1.165, 1.54) is 18.3 Å². The molecule has 4 N–H and O–H groups in total. The maximum Gasteiger partial charge on any atom is 0.244 e. The van der Waals surface area contributed by atoms with Crippen molar-refractivity contribution in [2.75, 3.05) is 5.43 Å². The number of nitrogens with one attached hydrogen (secondary N) is 2. The normalized spacial score (nSPS) is 11.2. The molecule has 0 aliphatic rings. The molecule has 0 saturated carbocycles. The van der Waals surface area contributed by atoms with Gasteiger partial charge in [0.05, 0.1) is 0 Å². The van der Waals surface area contributed by atoms with Gasteiger partial charge in [-0.05, 0) is 17.7 Å². The zero-order valence-corrected chi connectivity index (χ0v) is 10.9. The predicted molar refractivity (Wildman–Crippen MR) is 72.5 cm³/mol. The van der Waals surface area contributed by atoms with E-state index < -0.39 is 10.0 Å². The van der Waals surface area contributed by atoms with E-state index in [4.69, 9.17) is 5.84 Å². The second kappa shape index (κ2) is 5.79. The highest BCUT2D eigenvalue weighted by atomic mass is 32.2. The van der Waals surface area contributed by atoms with Crippen LogP contribution in [0.15, 0.2) is 53.6 Å². The monoisotopic (exact) mass is 278 g/mol. The van der Waals surface area contributed by atoms with Crippen LogP contribution in [0.4, 0.5) is 5.82 Å². The zero-order chi connectivity index (χ0) is 13.7. The Morgan fingerprint density at radius 2 is 1.84 bits per heavy atom. The maximum atomic E-state index is 12.1. The van der Waals surface area contributed by atoms with Crippen LogP contribution in [0.3, 0.4) is 0 Å². The number of nitrogens with two attached hydrogens (primary N) is 1. The van der Waals surface area contributed by atoms with E-state index in [0.29, 0.717) is 0 Å². The summed E-state index contributed by atoms with van der Waals surface area (Å²) >= 11 is 0. The molecule has 0 atom stereocenters. The van der Waals surface area contributed by atoms with Gasteiger partial charge < -0.3 is 5.43 Å². The smallest absolute Gasteiger partial charge is 0.244 e. The first-order chi connectivity index (χ1) is 9.13. The Hall–Kier alpha value is -1.96. The van der Waals surface area contributed by atoms with Gasteiger partial charge in [0, 0.05) is 12.7 Å². The van der Waals surface area contributed by atoms with Crippen molar-refractivity contribution < 1.29 is 8.42 Å². The lowest BCUT2D eigenvalue weighted by molar-refractivity contribution is 0.581. The third-order valence-corrected chi connectivity index (χ3v) is 3.94. The van der Waals surface area contributed by atoms with E-state index in [1.807, 2.05) is 30.3 Å². The average Bonchev–Trinajstić information content (AvgIpc) is 2.46. The molecule has 6 nitrogen and oxygen atoms in total. The van der Waals surface area contributed by atoms with E-state index in [-0.39, 0.29) is 17.3 Å². The fourth-order valence-electron chi connectivity index (χ4n) is 1.57. The first kappa shape index (κ1) is 13.5. The maximum absolute atomic E-state index is 12.1. The highest BCUT2D eigenvalue weighted by molar-refractivity contribution is 7.89. The number of benzene rings is 1.